The van der Waals surface area contributed by atoms with Crippen LogP contribution in [0.2, 0.25) is 0 Å². The van der Waals surface area contributed by atoms with Crippen LogP contribution in [0, 0.1) is 24.7 Å². The summed E-state index contributed by atoms with van der Waals surface area (Å²) < 4.78 is 5.84. The van der Waals surface area contributed by atoms with Crippen molar-refractivity contribution in [3.8, 4) is 24.7 Å². The lowest BCUT2D eigenvalue weighted by atomic mass is 9.85. The van der Waals surface area contributed by atoms with E-state index < -0.39 is 0 Å². The largest absolute Gasteiger partial charge is 0.365 e. The van der Waals surface area contributed by atoms with Gasteiger partial charge in [-0.1, -0.05) is 11.8 Å². The van der Waals surface area contributed by atoms with Gasteiger partial charge in [-0.15, -0.1) is 12.8 Å². The number of rotatable bonds is 0. The summed E-state index contributed by atoms with van der Waals surface area (Å²) in [5, 5.41) is 0. The zero-order valence-electron chi connectivity index (χ0n) is 8.29. The van der Waals surface area contributed by atoms with Crippen LogP contribution in [0.25, 0.3) is 0 Å². The highest BCUT2D eigenvalue weighted by atomic mass is 16.5. The van der Waals surface area contributed by atoms with Crippen molar-refractivity contribution in [2.45, 2.75) is 25.0 Å². The molecule has 1 nitrogen and oxygen atoms in total. The van der Waals surface area contributed by atoms with Gasteiger partial charge < -0.3 is 4.74 Å². The molecule has 0 aliphatic carbocycles. The van der Waals surface area contributed by atoms with Crippen LogP contribution >= 0.6 is 0 Å². The van der Waals surface area contributed by atoms with Crippen LogP contribution in [0.5, 0.6) is 0 Å². The Bertz CT molecular complexity index is 466. The molecule has 0 radical (unpaired) electrons. The van der Waals surface area contributed by atoms with Crippen molar-refractivity contribution in [3.63, 3.8) is 0 Å². The minimum absolute atomic E-state index is 0.185. The van der Waals surface area contributed by atoms with E-state index in [1.807, 2.05) is 12.1 Å². The Balaban J connectivity index is 2.32. The van der Waals surface area contributed by atoms with Gasteiger partial charge in [-0.2, -0.15) is 0 Å². The molecule has 15 heavy (non-hydrogen) atoms. The van der Waals surface area contributed by atoms with Crippen molar-refractivity contribution in [2.24, 2.45) is 0 Å². The predicted octanol–water partition coefficient (Wildman–Crippen LogP) is 2.56. The standard InChI is InChI=1S/C14H10O/c1-3-9-5-6-10(4-2)14-12-8-7-11(15-12)13(9)14/h1-2,5-6,11-12H,7-8H2. The Labute approximate surface area is 89.5 Å². The quantitative estimate of drug-likeness (QED) is 0.577. The topological polar surface area (TPSA) is 9.23 Å². The highest BCUT2D eigenvalue weighted by molar-refractivity contribution is 5.57. The molecule has 0 spiro atoms. The lowest BCUT2D eigenvalue weighted by Crippen LogP contribution is -2.03. The van der Waals surface area contributed by atoms with Crippen LogP contribution in [0.15, 0.2) is 12.1 Å². The molecule has 2 aliphatic rings. The molecule has 0 amide bonds. The van der Waals surface area contributed by atoms with Crippen LogP contribution in [0.3, 0.4) is 0 Å². The fourth-order valence-corrected chi connectivity index (χ4v) is 2.64. The van der Waals surface area contributed by atoms with Crippen LogP contribution in [0.1, 0.15) is 47.3 Å². The zero-order valence-corrected chi connectivity index (χ0v) is 8.29. The van der Waals surface area contributed by atoms with E-state index in [1.165, 1.54) is 11.1 Å². The second kappa shape index (κ2) is 2.89. The highest BCUT2D eigenvalue weighted by Gasteiger charge is 2.40. The van der Waals surface area contributed by atoms with Gasteiger partial charge in [-0.3, -0.25) is 0 Å². The molecular weight excluding hydrogens is 184 g/mol. The van der Waals surface area contributed by atoms with E-state index in [-0.39, 0.29) is 12.2 Å². The molecule has 2 aliphatic heterocycles. The van der Waals surface area contributed by atoms with Gasteiger partial charge >= 0.3 is 0 Å². The maximum Gasteiger partial charge on any atom is 0.0850 e. The molecule has 0 N–H and O–H groups in total. The molecule has 2 heterocycles. The summed E-state index contributed by atoms with van der Waals surface area (Å²) in [5.74, 6) is 5.43. The summed E-state index contributed by atoms with van der Waals surface area (Å²) in [7, 11) is 0. The van der Waals surface area contributed by atoms with E-state index in [9.17, 15) is 0 Å². The average Bonchev–Trinajstić information content (AvgIpc) is 2.88. The summed E-state index contributed by atoms with van der Waals surface area (Å²) in [6.07, 6.45) is 13.5. The van der Waals surface area contributed by atoms with Gasteiger partial charge in [0.05, 0.1) is 12.2 Å². The Morgan fingerprint density at radius 2 is 1.47 bits per heavy atom. The molecule has 2 atom stereocenters. The second-order valence-electron chi connectivity index (χ2n) is 3.97. The minimum atomic E-state index is 0.185. The normalized spacial score (nSPS) is 25.7. The van der Waals surface area contributed by atoms with Crippen molar-refractivity contribution in [2.75, 3.05) is 0 Å². The Hall–Kier alpha value is -1.70. The van der Waals surface area contributed by atoms with Crippen molar-refractivity contribution in [1.82, 2.24) is 0 Å². The van der Waals surface area contributed by atoms with Gasteiger partial charge in [0.1, 0.15) is 0 Å². The molecule has 0 aromatic heterocycles. The summed E-state index contributed by atoms with van der Waals surface area (Å²) in [5.41, 5.74) is 4.22. The number of benzene rings is 1. The molecule has 2 bridgehead atoms. The maximum atomic E-state index is 5.84. The van der Waals surface area contributed by atoms with Crippen LogP contribution < -0.4 is 0 Å². The highest BCUT2D eigenvalue weighted by Crippen LogP contribution is 2.52. The monoisotopic (exact) mass is 194 g/mol. The summed E-state index contributed by atoms with van der Waals surface area (Å²) in [6, 6.07) is 3.86. The summed E-state index contributed by atoms with van der Waals surface area (Å²) in [6.45, 7) is 0. The second-order valence-corrected chi connectivity index (χ2v) is 3.97. The molecule has 1 fully saturated rings. The summed E-state index contributed by atoms with van der Waals surface area (Å²) in [4.78, 5) is 0. The fraction of sp³-hybridized carbons (Fsp3) is 0.286. The van der Waals surface area contributed by atoms with Crippen molar-refractivity contribution in [3.05, 3.63) is 34.4 Å². The molecule has 72 valence electrons. The Kier molecular flexibility index (Phi) is 1.66. The molecule has 1 heteroatoms. The first-order valence-corrected chi connectivity index (χ1v) is 5.10. The third-order valence-electron chi connectivity index (χ3n) is 3.26. The van der Waals surface area contributed by atoms with Gasteiger partial charge in [0.15, 0.2) is 0 Å². The van der Waals surface area contributed by atoms with E-state index in [0.29, 0.717) is 0 Å². The van der Waals surface area contributed by atoms with Crippen molar-refractivity contribution < 1.29 is 4.74 Å². The fourth-order valence-electron chi connectivity index (χ4n) is 2.64. The third kappa shape index (κ3) is 0.990. The lowest BCUT2D eigenvalue weighted by Gasteiger charge is -2.14. The molecule has 2 unspecified atom stereocenters. The number of hydrogen-bond donors (Lipinski definition) is 0. The number of ether oxygens (including phenoxy) is 1. The average molecular weight is 194 g/mol. The predicted molar refractivity (Wildman–Crippen MR) is 58.1 cm³/mol. The first-order valence-electron chi connectivity index (χ1n) is 5.10. The smallest absolute Gasteiger partial charge is 0.0850 e. The van der Waals surface area contributed by atoms with E-state index >= 15 is 0 Å². The SMILES string of the molecule is C#Cc1ccc(C#C)c2c1C1CCC2O1. The van der Waals surface area contributed by atoms with E-state index in [4.69, 9.17) is 17.6 Å². The number of terminal acetylenes is 2. The number of fused-ring (bicyclic) bond motifs is 5. The first kappa shape index (κ1) is 8.60. The summed E-state index contributed by atoms with van der Waals surface area (Å²) >= 11 is 0. The van der Waals surface area contributed by atoms with Gasteiger partial charge in [0.2, 0.25) is 0 Å². The molecule has 1 aromatic rings. The Morgan fingerprint density at radius 3 is 1.87 bits per heavy atom. The lowest BCUT2D eigenvalue weighted by molar-refractivity contribution is 0.0715. The van der Waals surface area contributed by atoms with Gasteiger partial charge in [0, 0.05) is 22.3 Å². The van der Waals surface area contributed by atoms with E-state index in [2.05, 4.69) is 11.8 Å². The molecule has 3 rings (SSSR count). The van der Waals surface area contributed by atoms with E-state index in [1.54, 1.807) is 0 Å². The first-order chi connectivity index (χ1) is 7.35. The van der Waals surface area contributed by atoms with Gasteiger partial charge in [-0.25, -0.2) is 0 Å². The number of hydrogen-bond acceptors (Lipinski definition) is 1. The molecule has 0 saturated carbocycles. The zero-order chi connectivity index (χ0) is 10.4. The van der Waals surface area contributed by atoms with Crippen molar-refractivity contribution >= 4 is 0 Å². The Morgan fingerprint density at radius 1 is 1.00 bits per heavy atom. The van der Waals surface area contributed by atoms with Crippen LogP contribution in [-0.2, 0) is 4.74 Å². The molecular formula is C14H10O. The third-order valence-corrected chi connectivity index (χ3v) is 3.26. The van der Waals surface area contributed by atoms with Gasteiger partial charge in [0.25, 0.3) is 0 Å². The van der Waals surface area contributed by atoms with Crippen molar-refractivity contribution in [1.29, 1.82) is 0 Å². The minimum Gasteiger partial charge on any atom is -0.365 e. The van der Waals surface area contributed by atoms with Crippen LogP contribution in [-0.4, -0.2) is 0 Å². The molecule has 1 aromatic carbocycles. The van der Waals surface area contributed by atoms with E-state index in [0.717, 1.165) is 24.0 Å². The molecule has 1 saturated heterocycles. The maximum absolute atomic E-state index is 5.84. The van der Waals surface area contributed by atoms with Gasteiger partial charge in [-0.05, 0) is 25.0 Å². The van der Waals surface area contributed by atoms with Crippen LogP contribution in [0.4, 0.5) is 0 Å².